The van der Waals surface area contributed by atoms with Crippen molar-refractivity contribution in [2.75, 3.05) is 0 Å². The van der Waals surface area contributed by atoms with Crippen molar-refractivity contribution in [1.82, 2.24) is 14.2 Å². The molecule has 5 nitrogen and oxygen atoms in total. The predicted molar refractivity (Wildman–Crippen MR) is 83.7 cm³/mol. The molecule has 0 saturated heterocycles. The summed E-state index contributed by atoms with van der Waals surface area (Å²) in [6.07, 6.45) is 5.22. The highest BCUT2D eigenvalue weighted by atomic mass is 16.1. The summed E-state index contributed by atoms with van der Waals surface area (Å²) >= 11 is 0. The summed E-state index contributed by atoms with van der Waals surface area (Å²) in [7, 11) is 0. The van der Waals surface area contributed by atoms with Gasteiger partial charge in [0.05, 0.1) is 12.8 Å². The number of hydrogen-bond acceptors (Lipinski definition) is 2. The Morgan fingerprint density at radius 1 is 1.14 bits per heavy atom. The molecule has 1 aromatic carbocycles. The fraction of sp³-hybridized carbons (Fsp3) is 0.235. The highest BCUT2D eigenvalue weighted by molar-refractivity contribution is 5.71. The van der Waals surface area contributed by atoms with Crippen molar-refractivity contribution in [3.63, 3.8) is 0 Å². The molecule has 1 aliphatic rings. The van der Waals surface area contributed by atoms with Gasteiger partial charge in [0, 0.05) is 16.9 Å². The van der Waals surface area contributed by atoms with Crippen molar-refractivity contribution in [3.05, 3.63) is 69.6 Å². The van der Waals surface area contributed by atoms with Crippen LogP contribution in [-0.4, -0.2) is 14.2 Å². The third-order valence-electron chi connectivity index (χ3n) is 4.23. The molecule has 0 bridgehead atoms. The van der Waals surface area contributed by atoms with Gasteiger partial charge in [-0.15, -0.1) is 0 Å². The summed E-state index contributed by atoms with van der Waals surface area (Å²) in [5, 5.41) is 4.15. The van der Waals surface area contributed by atoms with Gasteiger partial charge in [-0.2, -0.15) is 9.61 Å². The van der Waals surface area contributed by atoms with E-state index in [-0.39, 0.29) is 5.56 Å². The van der Waals surface area contributed by atoms with Crippen molar-refractivity contribution in [2.45, 2.75) is 25.7 Å². The second-order valence-corrected chi connectivity index (χ2v) is 5.49. The maximum absolute atomic E-state index is 12.7. The molecule has 3 aromatic rings. The Hall–Kier alpha value is -2.87. The fourth-order valence-corrected chi connectivity index (χ4v) is 3.25. The predicted octanol–water partition coefficient (Wildman–Crippen LogP) is 2.91. The van der Waals surface area contributed by atoms with E-state index in [0.29, 0.717) is 11.3 Å². The Morgan fingerprint density at radius 2 is 1.91 bits per heavy atom. The molecular formula is C17H14N4O. The largest absolute Gasteiger partial charge is 0.307 e. The van der Waals surface area contributed by atoms with E-state index in [0.717, 1.165) is 42.6 Å². The molecular weight excluding hydrogens is 276 g/mol. The number of rotatable bonds is 1. The maximum Gasteiger partial charge on any atom is 0.276 e. The van der Waals surface area contributed by atoms with Gasteiger partial charge in [-0.05, 0) is 37.8 Å². The van der Waals surface area contributed by atoms with Crippen LogP contribution in [0.25, 0.3) is 16.2 Å². The summed E-state index contributed by atoms with van der Waals surface area (Å²) in [4.78, 5) is 16.2. The first-order chi connectivity index (χ1) is 10.8. The van der Waals surface area contributed by atoms with Crippen LogP contribution in [0.1, 0.15) is 24.1 Å². The molecule has 0 unspecified atom stereocenters. The lowest BCUT2D eigenvalue weighted by atomic mass is 9.96. The van der Waals surface area contributed by atoms with Crippen LogP contribution < -0.4 is 5.56 Å². The average molecular weight is 290 g/mol. The van der Waals surface area contributed by atoms with Gasteiger partial charge in [-0.3, -0.25) is 4.79 Å². The van der Waals surface area contributed by atoms with E-state index < -0.39 is 0 Å². The van der Waals surface area contributed by atoms with Gasteiger partial charge < -0.3 is 4.57 Å². The Bertz CT molecular complexity index is 960. The minimum absolute atomic E-state index is 0.0771. The standard InChI is InChI=1S/C17H14N4O/c1-18-14-11-19-21-16(14)20(12-7-3-2-4-8-12)15-10-6-5-9-13(15)17(21)22/h2-4,7-8,11H,5-6,9-10H2. The van der Waals surface area contributed by atoms with Gasteiger partial charge in [-0.25, -0.2) is 4.85 Å². The zero-order valence-corrected chi connectivity index (χ0v) is 12.0. The first-order valence-electron chi connectivity index (χ1n) is 7.38. The molecule has 0 amide bonds. The number of nitrogens with zero attached hydrogens (tertiary/aromatic N) is 4. The molecule has 5 heteroatoms. The summed E-state index contributed by atoms with van der Waals surface area (Å²) in [6.45, 7) is 7.37. The summed E-state index contributed by atoms with van der Waals surface area (Å²) in [5.41, 5.74) is 3.74. The van der Waals surface area contributed by atoms with E-state index >= 15 is 0 Å². The van der Waals surface area contributed by atoms with Gasteiger partial charge >= 0.3 is 0 Å². The highest BCUT2D eigenvalue weighted by Gasteiger charge is 2.23. The minimum Gasteiger partial charge on any atom is -0.307 e. The van der Waals surface area contributed by atoms with Crippen LogP contribution in [0.5, 0.6) is 0 Å². The molecule has 108 valence electrons. The van der Waals surface area contributed by atoms with E-state index in [2.05, 4.69) is 9.94 Å². The van der Waals surface area contributed by atoms with Crippen LogP contribution in [0, 0.1) is 6.57 Å². The lowest BCUT2D eigenvalue weighted by Crippen LogP contribution is -2.28. The fourth-order valence-electron chi connectivity index (χ4n) is 3.25. The third-order valence-corrected chi connectivity index (χ3v) is 4.23. The van der Waals surface area contributed by atoms with Gasteiger partial charge in [0.15, 0.2) is 0 Å². The lowest BCUT2D eigenvalue weighted by molar-refractivity contribution is 0.633. The molecule has 2 heterocycles. The molecule has 1 aliphatic carbocycles. The number of para-hydroxylation sites is 1. The first-order valence-corrected chi connectivity index (χ1v) is 7.38. The van der Waals surface area contributed by atoms with E-state index in [9.17, 15) is 4.79 Å². The number of fused-ring (bicyclic) bond motifs is 2. The Morgan fingerprint density at radius 3 is 2.68 bits per heavy atom. The second-order valence-electron chi connectivity index (χ2n) is 5.49. The van der Waals surface area contributed by atoms with Crippen LogP contribution in [0.2, 0.25) is 0 Å². The molecule has 0 spiro atoms. The Kier molecular flexibility index (Phi) is 2.83. The SMILES string of the molecule is [C-]#[N+]c1cnn2c(=O)c3c(n(-c4ccccc4)c12)CCCC3. The highest BCUT2D eigenvalue weighted by Crippen LogP contribution is 2.28. The van der Waals surface area contributed by atoms with E-state index in [1.807, 2.05) is 34.9 Å². The monoisotopic (exact) mass is 290 g/mol. The van der Waals surface area contributed by atoms with Gasteiger partial charge in [0.1, 0.15) is 5.65 Å². The molecule has 0 radical (unpaired) electrons. The molecule has 0 N–H and O–H groups in total. The van der Waals surface area contributed by atoms with E-state index in [1.54, 1.807) is 0 Å². The summed E-state index contributed by atoms with van der Waals surface area (Å²) < 4.78 is 3.42. The van der Waals surface area contributed by atoms with Crippen LogP contribution in [0.15, 0.2) is 41.3 Å². The van der Waals surface area contributed by atoms with E-state index in [1.165, 1.54) is 10.7 Å². The van der Waals surface area contributed by atoms with Crippen LogP contribution in [0.4, 0.5) is 5.69 Å². The van der Waals surface area contributed by atoms with Crippen molar-refractivity contribution in [2.24, 2.45) is 0 Å². The average Bonchev–Trinajstić information content (AvgIpc) is 3.00. The molecule has 4 rings (SSSR count). The Labute approximate surface area is 127 Å². The van der Waals surface area contributed by atoms with Gasteiger partial charge in [-0.1, -0.05) is 18.2 Å². The molecule has 2 aromatic heterocycles. The normalized spacial score (nSPS) is 13.8. The maximum atomic E-state index is 12.7. The molecule has 0 atom stereocenters. The molecule has 0 aliphatic heterocycles. The molecule has 0 fully saturated rings. The van der Waals surface area contributed by atoms with Crippen LogP contribution >= 0.6 is 0 Å². The van der Waals surface area contributed by atoms with Gasteiger partial charge in [0.2, 0.25) is 5.69 Å². The zero-order valence-electron chi connectivity index (χ0n) is 12.0. The second kappa shape index (κ2) is 4.85. The van der Waals surface area contributed by atoms with E-state index in [4.69, 9.17) is 6.57 Å². The topological polar surface area (TPSA) is 43.7 Å². The van der Waals surface area contributed by atoms with Crippen molar-refractivity contribution < 1.29 is 0 Å². The van der Waals surface area contributed by atoms with Crippen molar-refractivity contribution >= 4 is 11.3 Å². The summed E-state index contributed by atoms with van der Waals surface area (Å²) in [5.74, 6) is 0. The third kappa shape index (κ3) is 1.70. The lowest BCUT2D eigenvalue weighted by Gasteiger charge is -2.22. The first kappa shape index (κ1) is 12.8. The smallest absolute Gasteiger partial charge is 0.276 e. The van der Waals surface area contributed by atoms with Crippen molar-refractivity contribution in [1.29, 1.82) is 0 Å². The minimum atomic E-state index is -0.0771. The van der Waals surface area contributed by atoms with Gasteiger partial charge in [0.25, 0.3) is 5.56 Å². The van der Waals surface area contributed by atoms with Crippen molar-refractivity contribution in [3.8, 4) is 5.69 Å². The number of aromatic nitrogens is 3. The zero-order chi connectivity index (χ0) is 15.1. The van der Waals surface area contributed by atoms with Crippen LogP contribution in [0.3, 0.4) is 0 Å². The Balaban J connectivity index is 2.22. The number of benzene rings is 1. The number of hydrogen-bond donors (Lipinski definition) is 0. The van der Waals surface area contributed by atoms with Crippen LogP contribution in [-0.2, 0) is 12.8 Å². The molecule has 0 saturated carbocycles. The molecule has 22 heavy (non-hydrogen) atoms. The quantitative estimate of drug-likeness (QED) is 0.647. The summed E-state index contributed by atoms with van der Waals surface area (Å²) in [6, 6.07) is 9.89.